The molecule has 0 bridgehead atoms. The summed E-state index contributed by atoms with van der Waals surface area (Å²) in [6.45, 7) is 6.70. The summed E-state index contributed by atoms with van der Waals surface area (Å²) in [4.78, 5) is 6.37. The maximum absolute atomic E-state index is 5.94. The van der Waals surface area contributed by atoms with Gasteiger partial charge in [0.15, 0.2) is 6.10 Å². The standard InChI is InChI=1S/C22H24N2O2/c1-22(2,17-7-4-3-5-8-17)18-9-11-19(12-10-18)25-16-20-15-24-14-6-13-23-21(24)26-20/h3-13,20H,14-16H2,1-2H3. The van der Waals surface area contributed by atoms with Gasteiger partial charge in [0.25, 0.3) is 6.02 Å². The molecule has 0 aromatic heterocycles. The second-order valence-corrected chi connectivity index (χ2v) is 7.27. The van der Waals surface area contributed by atoms with E-state index in [4.69, 9.17) is 9.47 Å². The third-order valence-corrected chi connectivity index (χ3v) is 5.09. The van der Waals surface area contributed by atoms with E-state index in [-0.39, 0.29) is 11.5 Å². The number of fused-ring (bicyclic) bond motifs is 1. The normalized spacial score (nSPS) is 18.9. The summed E-state index contributed by atoms with van der Waals surface area (Å²) < 4.78 is 11.8. The number of amidine groups is 1. The lowest BCUT2D eigenvalue weighted by Crippen LogP contribution is -2.28. The summed E-state index contributed by atoms with van der Waals surface area (Å²) in [6, 6.07) is 19.7. The quantitative estimate of drug-likeness (QED) is 0.820. The lowest BCUT2D eigenvalue weighted by Gasteiger charge is -2.26. The molecule has 2 heterocycles. The Kier molecular flexibility index (Phi) is 4.41. The van der Waals surface area contributed by atoms with Crippen LogP contribution in [-0.4, -0.2) is 36.7 Å². The van der Waals surface area contributed by atoms with Crippen LogP contribution in [0, 0.1) is 0 Å². The van der Waals surface area contributed by atoms with Crippen LogP contribution < -0.4 is 4.74 Å². The highest BCUT2D eigenvalue weighted by molar-refractivity contribution is 5.77. The molecule has 4 nitrogen and oxygen atoms in total. The molecule has 0 spiro atoms. The third kappa shape index (κ3) is 3.32. The highest BCUT2D eigenvalue weighted by Crippen LogP contribution is 2.32. The van der Waals surface area contributed by atoms with Crippen LogP contribution in [0.3, 0.4) is 0 Å². The molecule has 0 N–H and O–H groups in total. The predicted molar refractivity (Wildman–Crippen MR) is 104 cm³/mol. The number of ether oxygens (including phenoxy) is 2. The first-order valence-corrected chi connectivity index (χ1v) is 9.06. The largest absolute Gasteiger partial charge is 0.490 e. The molecule has 0 radical (unpaired) electrons. The van der Waals surface area contributed by atoms with Crippen molar-refractivity contribution in [2.24, 2.45) is 4.99 Å². The first-order valence-electron chi connectivity index (χ1n) is 9.06. The average Bonchev–Trinajstić information content (AvgIpc) is 3.10. The van der Waals surface area contributed by atoms with Crippen molar-refractivity contribution in [3.63, 3.8) is 0 Å². The second-order valence-electron chi connectivity index (χ2n) is 7.27. The van der Waals surface area contributed by atoms with Gasteiger partial charge in [-0.25, -0.2) is 4.99 Å². The highest BCUT2D eigenvalue weighted by Gasteiger charge is 2.30. The monoisotopic (exact) mass is 348 g/mol. The van der Waals surface area contributed by atoms with Gasteiger partial charge in [-0.05, 0) is 29.3 Å². The van der Waals surface area contributed by atoms with E-state index >= 15 is 0 Å². The summed E-state index contributed by atoms with van der Waals surface area (Å²) in [5, 5.41) is 0. The highest BCUT2D eigenvalue weighted by atomic mass is 16.6. The summed E-state index contributed by atoms with van der Waals surface area (Å²) >= 11 is 0. The van der Waals surface area contributed by atoms with Crippen LogP contribution in [0.2, 0.25) is 0 Å². The third-order valence-electron chi connectivity index (χ3n) is 5.09. The van der Waals surface area contributed by atoms with E-state index < -0.39 is 0 Å². The Morgan fingerprint density at radius 3 is 2.54 bits per heavy atom. The number of aliphatic imine (C=N–C) groups is 1. The minimum Gasteiger partial charge on any atom is -0.490 e. The molecular formula is C22H24N2O2. The lowest BCUT2D eigenvalue weighted by molar-refractivity contribution is 0.146. The molecule has 0 aliphatic carbocycles. The van der Waals surface area contributed by atoms with Gasteiger partial charge in [-0.15, -0.1) is 0 Å². The van der Waals surface area contributed by atoms with Crippen LogP contribution in [0.5, 0.6) is 5.75 Å². The van der Waals surface area contributed by atoms with E-state index in [1.54, 1.807) is 6.20 Å². The fraction of sp³-hybridized carbons (Fsp3) is 0.318. The number of hydrogen-bond donors (Lipinski definition) is 0. The Morgan fingerprint density at radius 2 is 1.81 bits per heavy atom. The minimum absolute atomic E-state index is 0.0223. The van der Waals surface area contributed by atoms with Gasteiger partial charge in [-0.3, -0.25) is 0 Å². The van der Waals surface area contributed by atoms with Crippen LogP contribution in [0.15, 0.2) is 71.9 Å². The molecule has 26 heavy (non-hydrogen) atoms. The molecule has 2 aliphatic heterocycles. The maximum Gasteiger partial charge on any atom is 0.292 e. The molecule has 2 aromatic rings. The molecule has 1 saturated heterocycles. The van der Waals surface area contributed by atoms with Gasteiger partial charge in [0.05, 0.1) is 6.54 Å². The number of benzene rings is 2. The van der Waals surface area contributed by atoms with E-state index in [1.165, 1.54) is 11.1 Å². The molecule has 4 rings (SSSR count). The fourth-order valence-corrected chi connectivity index (χ4v) is 3.41. The first kappa shape index (κ1) is 16.7. The minimum atomic E-state index is -0.0392. The molecule has 4 heteroatoms. The van der Waals surface area contributed by atoms with Crippen LogP contribution >= 0.6 is 0 Å². The molecule has 1 atom stereocenters. The second kappa shape index (κ2) is 6.87. The molecule has 0 amide bonds. The summed E-state index contributed by atoms with van der Waals surface area (Å²) in [5.74, 6) is 0.867. The molecule has 2 aliphatic rings. The smallest absolute Gasteiger partial charge is 0.292 e. The van der Waals surface area contributed by atoms with Crippen molar-refractivity contribution in [3.8, 4) is 5.75 Å². The molecule has 1 unspecified atom stereocenters. The molecule has 2 aromatic carbocycles. The van der Waals surface area contributed by atoms with Gasteiger partial charge < -0.3 is 14.4 Å². The van der Waals surface area contributed by atoms with Gasteiger partial charge in [-0.2, -0.15) is 0 Å². The van der Waals surface area contributed by atoms with E-state index in [9.17, 15) is 0 Å². The average molecular weight is 348 g/mol. The SMILES string of the molecule is CC(C)(c1ccccc1)c1ccc(OCC2CN3CC=CN=C3O2)cc1. The first-order chi connectivity index (χ1) is 12.6. The zero-order valence-corrected chi connectivity index (χ0v) is 15.3. The van der Waals surface area contributed by atoms with E-state index in [0.29, 0.717) is 12.6 Å². The van der Waals surface area contributed by atoms with Crippen LogP contribution in [0.4, 0.5) is 0 Å². The van der Waals surface area contributed by atoms with E-state index in [0.717, 1.165) is 18.8 Å². The van der Waals surface area contributed by atoms with Crippen molar-refractivity contribution in [1.82, 2.24) is 4.90 Å². The van der Waals surface area contributed by atoms with Gasteiger partial charge in [0.1, 0.15) is 12.4 Å². The summed E-state index contributed by atoms with van der Waals surface area (Å²) in [7, 11) is 0. The maximum atomic E-state index is 5.94. The fourth-order valence-electron chi connectivity index (χ4n) is 3.41. The molecule has 134 valence electrons. The summed E-state index contributed by atoms with van der Waals surface area (Å²) in [5.41, 5.74) is 2.53. The Bertz CT molecular complexity index is 810. The predicted octanol–water partition coefficient (Wildman–Crippen LogP) is 3.98. The Morgan fingerprint density at radius 1 is 1.08 bits per heavy atom. The van der Waals surface area contributed by atoms with Crippen molar-refractivity contribution < 1.29 is 9.47 Å². The number of rotatable bonds is 5. The molecular weight excluding hydrogens is 324 g/mol. The molecule has 0 saturated carbocycles. The van der Waals surface area contributed by atoms with Crippen LogP contribution in [0.25, 0.3) is 0 Å². The zero-order valence-electron chi connectivity index (χ0n) is 15.3. The number of hydrogen-bond acceptors (Lipinski definition) is 4. The Labute approximate surface area is 154 Å². The summed E-state index contributed by atoms with van der Waals surface area (Å²) in [6.07, 6.45) is 3.85. The van der Waals surface area contributed by atoms with Crippen LogP contribution in [0.1, 0.15) is 25.0 Å². The van der Waals surface area contributed by atoms with E-state index in [1.807, 2.05) is 18.2 Å². The van der Waals surface area contributed by atoms with Crippen LogP contribution in [-0.2, 0) is 10.2 Å². The van der Waals surface area contributed by atoms with E-state index in [2.05, 4.69) is 66.2 Å². The van der Waals surface area contributed by atoms with Gasteiger partial charge in [-0.1, -0.05) is 56.3 Å². The Hall–Kier alpha value is -2.75. The van der Waals surface area contributed by atoms with Gasteiger partial charge in [0.2, 0.25) is 0 Å². The van der Waals surface area contributed by atoms with Crippen molar-refractivity contribution in [2.45, 2.75) is 25.4 Å². The topological polar surface area (TPSA) is 34.1 Å². The zero-order chi connectivity index (χ0) is 18.0. The lowest BCUT2D eigenvalue weighted by atomic mass is 9.78. The van der Waals surface area contributed by atoms with Crippen molar-refractivity contribution in [2.75, 3.05) is 19.7 Å². The number of nitrogens with zero attached hydrogens (tertiary/aromatic N) is 2. The Balaban J connectivity index is 1.38. The van der Waals surface area contributed by atoms with Crippen molar-refractivity contribution >= 4 is 6.02 Å². The van der Waals surface area contributed by atoms with Crippen molar-refractivity contribution in [1.29, 1.82) is 0 Å². The van der Waals surface area contributed by atoms with Gasteiger partial charge in [0, 0.05) is 18.2 Å². The molecule has 1 fully saturated rings. The van der Waals surface area contributed by atoms with Crippen molar-refractivity contribution in [3.05, 3.63) is 78.0 Å². The van der Waals surface area contributed by atoms with Gasteiger partial charge >= 0.3 is 0 Å².